The fourth-order valence-electron chi connectivity index (χ4n) is 4.54. The van der Waals surface area contributed by atoms with Crippen LogP contribution in [0.1, 0.15) is 55.4 Å². The summed E-state index contributed by atoms with van der Waals surface area (Å²) >= 11 is 0. The number of hydrogen-bond donors (Lipinski definition) is 0. The Balaban J connectivity index is 1.39. The Morgan fingerprint density at radius 1 is 1.15 bits per heavy atom. The molecule has 0 bridgehead atoms. The number of carbonyl (C=O) groups excluding carboxylic acids is 1. The largest absolute Gasteiger partial charge is 0.479 e. The van der Waals surface area contributed by atoms with E-state index in [1.165, 1.54) is 0 Å². The summed E-state index contributed by atoms with van der Waals surface area (Å²) in [5.41, 5.74) is 3.49. The predicted octanol–water partition coefficient (Wildman–Crippen LogP) is 3.89. The first-order valence-corrected chi connectivity index (χ1v) is 10.9. The number of pyridine rings is 1. The molecule has 166 valence electrons. The lowest BCUT2D eigenvalue weighted by Crippen LogP contribution is -2.32. The molecule has 0 aliphatic carbocycles. The van der Waals surface area contributed by atoms with Gasteiger partial charge in [-0.15, -0.1) is 10.2 Å². The van der Waals surface area contributed by atoms with Crippen molar-refractivity contribution in [3.8, 4) is 23.0 Å². The van der Waals surface area contributed by atoms with E-state index in [0.29, 0.717) is 29.4 Å². The van der Waals surface area contributed by atoms with Crippen molar-refractivity contribution in [2.75, 3.05) is 4.90 Å². The summed E-state index contributed by atoms with van der Waals surface area (Å²) < 4.78 is 10.2. The average molecular weight is 441 g/mol. The summed E-state index contributed by atoms with van der Waals surface area (Å²) in [7, 11) is 0. The maximum atomic E-state index is 13.4. The van der Waals surface area contributed by atoms with E-state index < -0.39 is 5.60 Å². The van der Waals surface area contributed by atoms with Crippen molar-refractivity contribution >= 4 is 11.7 Å². The third-order valence-corrected chi connectivity index (χ3v) is 6.24. The standard InChI is InChI=1S/C24H23N7O2/c1-14(2)30-13-26-28-22(30)17-6-5-7-21(27-17)29-11-15-8-19-18(9-16(15)23(29)32)31-12-25-10-20(31)24(3,4)33-19/h5-10,12-14H,11H2,1-4H3. The molecule has 1 aromatic carbocycles. The van der Waals surface area contributed by atoms with Crippen LogP contribution in [0.15, 0.2) is 49.2 Å². The summed E-state index contributed by atoms with van der Waals surface area (Å²) in [4.78, 5) is 24.2. The van der Waals surface area contributed by atoms with Gasteiger partial charge in [0.15, 0.2) is 5.82 Å². The molecular formula is C24H23N7O2. The summed E-state index contributed by atoms with van der Waals surface area (Å²) in [6, 6.07) is 9.68. The van der Waals surface area contributed by atoms with Crippen LogP contribution in [0.5, 0.6) is 5.75 Å². The van der Waals surface area contributed by atoms with Gasteiger partial charge in [0.2, 0.25) is 0 Å². The Kier molecular flexibility index (Phi) is 4.02. The van der Waals surface area contributed by atoms with Crippen molar-refractivity contribution in [3.05, 3.63) is 66.0 Å². The van der Waals surface area contributed by atoms with Gasteiger partial charge in [0.25, 0.3) is 5.91 Å². The lowest BCUT2D eigenvalue weighted by Gasteiger charge is -2.33. The lowest BCUT2D eigenvalue weighted by atomic mass is 10.0. The molecule has 0 fully saturated rings. The number of anilines is 1. The van der Waals surface area contributed by atoms with Gasteiger partial charge in [-0.2, -0.15) is 0 Å². The van der Waals surface area contributed by atoms with E-state index in [9.17, 15) is 4.79 Å². The Morgan fingerprint density at radius 3 is 2.82 bits per heavy atom. The molecule has 9 nitrogen and oxygen atoms in total. The molecule has 2 aliphatic rings. The normalized spacial score (nSPS) is 15.9. The molecule has 5 heterocycles. The zero-order valence-corrected chi connectivity index (χ0v) is 18.9. The maximum Gasteiger partial charge on any atom is 0.260 e. The number of ether oxygens (including phenoxy) is 1. The van der Waals surface area contributed by atoms with Crippen molar-refractivity contribution in [2.24, 2.45) is 0 Å². The van der Waals surface area contributed by atoms with Crippen molar-refractivity contribution in [1.29, 1.82) is 0 Å². The molecule has 0 atom stereocenters. The first-order valence-electron chi connectivity index (χ1n) is 10.9. The molecular weight excluding hydrogens is 418 g/mol. The molecule has 3 aromatic heterocycles. The average Bonchev–Trinajstić information content (AvgIpc) is 3.52. The van der Waals surface area contributed by atoms with Gasteiger partial charge in [-0.25, -0.2) is 9.97 Å². The molecule has 2 aliphatic heterocycles. The fourth-order valence-corrected chi connectivity index (χ4v) is 4.54. The number of hydrogen-bond acceptors (Lipinski definition) is 6. The number of fused-ring (bicyclic) bond motifs is 4. The highest BCUT2D eigenvalue weighted by atomic mass is 16.5. The molecule has 9 heteroatoms. The van der Waals surface area contributed by atoms with Crippen LogP contribution in [0.3, 0.4) is 0 Å². The topological polar surface area (TPSA) is 91.0 Å². The highest BCUT2D eigenvalue weighted by Crippen LogP contribution is 2.42. The zero-order chi connectivity index (χ0) is 22.9. The van der Waals surface area contributed by atoms with E-state index in [-0.39, 0.29) is 11.9 Å². The van der Waals surface area contributed by atoms with Crippen molar-refractivity contribution in [1.82, 2.24) is 29.3 Å². The minimum absolute atomic E-state index is 0.0886. The van der Waals surface area contributed by atoms with Crippen LogP contribution in [0, 0.1) is 0 Å². The van der Waals surface area contributed by atoms with Crippen LogP contribution in [0.4, 0.5) is 5.82 Å². The van der Waals surface area contributed by atoms with Gasteiger partial charge in [0.1, 0.15) is 29.2 Å². The Labute approximate surface area is 190 Å². The van der Waals surface area contributed by atoms with E-state index in [0.717, 1.165) is 22.7 Å². The molecule has 0 unspecified atom stereocenters. The fraction of sp³-hybridized carbons (Fsp3) is 0.292. The second-order valence-electron chi connectivity index (χ2n) is 9.17. The molecule has 0 saturated heterocycles. The van der Waals surface area contributed by atoms with Gasteiger partial charge in [-0.05, 0) is 57.5 Å². The van der Waals surface area contributed by atoms with Crippen LogP contribution in [-0.2, 0) is 12.1 Å². The SMILES string of the molecule is CC(C)n1cnnc1-c1cccc(N2Cc3cc4c(cc3C2=O)-n2cncc2C(C)(C)O4)n1. The van der Waals surface area contributed by atoms with Gasteiger partial charge in [0, 0.05) is 11.6 Å². The number of benzene rings is 1. The molecule has 1 amide bonds. The number of imidazole rings is 1. The van der Waals surface area contributed by atoms with Crippen molar-refractivity contribution < 1.29 is 9.53 Å². The van der Waals surface area contributed by atoms with Gasteiger partial charge in [0.05, 0.1) is 30.5 Å². The molecule has 0 saturated carbocycles. The molecule has 0 spiro atoms. The second kappa shape index (κ2) is 6.74. The van der Waals surface area contributed by atoms with Crippen LogP contribution >= 0.6 is 0 Å². The minimum atomic E-state index is -0.512. The van der Waals surface area contributed by atoms with E-state index in [1.54, 1.807) is 23.8 Å². The van der Waals surface area contributed by atoms with Crippen LogP contribution in [0.25, 0.3) is 17.2 Å². The number of rotatable bonds is 3. The molecule has 6 rings (SSSR count). The number of aromatic nitrogens is 6. The first kappa shape index (κ1) is 19.7. The quantitative estimate of drug-likeness (QED) is 0.479. The third-order valence-electron chi connectivity index (χ3n) is 6.24. The number of amides is 1. The zero-order valence-electron chi connectivity index (χ0n) is 18.9. The van der Waals surface area contributed by atoms with E-state index in [2.05, 4.69) is 29.0 Å². The van der Waals surface area contributed by atoms with E-state index >= 15 is 0 Å². The second-order valence-corrected chi connectivity index (χ2v) is 9.17. The number of nitrogens with zero attached hydrogens (tertiary/aromatic N) is 7. The van der Waals surface area contributed by atoms with Crippen LogP contribution < -0.4 is 9.64 Å². The summed E-state index contributed by atoms with van der Waals surface area (Å²) in [5.74, 6) is 1.91. The van der Waals surface area contributed by atoms with E-state index in [1.807, 2.05) is 53.3 Å². The summed E-state index contributed by atoms with van der Waals surface area (Å²) in [6.07, 6.45) is 5.26. The molecule has 0 radical (unpaired) electrons. The van der Waals surface area contributed by atoms with Gasteiger partial charge in [-0.3, -0.25) is 14.3 Å². The van der Waals surface area contributed by atoms with E-state index in [4.69, 9.17) is 9.72 Å². The van der Waals surface area contributed by atoms with Gasteiger partial charge in [-0.1, -0.05) is 6.07 Å². The maximum absolute atomic E-state index is 13.4. The van der Waals surface area contributed by atoms with Crippen molar-refractivity contribution in [3.63, 3.8) is 0 Å². The molecule has 4 aromatic rings. The van der Waals surface area contributed by atoms with Gasteiger partial charge >= 0.3 is 0 Å². The Bertz CT molecular complexity index is 1420. The summed E-state index contributed by atoms with van der Waals surface area (Å²) in [6.45, 7) is 8.58. The lowest BCUT2D eigenvalue weighted by molar-refractivity contribution is 0.0923. The monoisotopic (exact) mass is 441 g/mol. The smallest absolute Gasteiger partial charge is 0.260 e. The predicted molar refractivity (Wildman–Crippen MR) is 121 cm³/mol. The highest BCUT2D eigenvalue weighted by Gasteiger charge is 2.37. The Morgan fingerprint density at radius 2 is 2.00 bits per heavy atom. The number of carbonyl (C=O) groups is 1. The molecule has 0 N–H and O–H groups in total. The third kappa shape index (κ3) is 2.88. The van der Waals surface area contributed by atoms with Crippen molar-refractivity contribution in [2.45, 2.75) is 45.9 Å². The minimum Gasteiger partial charge on any atom is -0.479 e. The molecule has 33 heavy (non-hydrogen) atoms. The first-order chi connectivity index (χ1) is 15.8. The van der Waals surface area contributed by atoms with Gasteiger partial charge < -0.3 is 9.30 Å². The Hall–Kier alpha value is -4.01. The van der Waals surface area contributed by atoms with Crippen LogP contribution in [-0.4, -0.2) is 35.2 Å². The highest BCUT2D eigenvalue weighted by molar-refractivity contribution is 6.10. The van der Waals surface area contributed by atoms with Crippen LogP contribution in [0.2, 0.25) is 0 Å². The summed E-state index contributed by atoms with van der Waals surface area (Å²) in [5, 5.41) is 8.27.